The van der Waals surface area contributed by atoms with Crippen LogP contribution < -0.4 is 5.32 Å². The molecule has 1 amide bonds. The van der Waals surface area contributed by atoms with Crippen LogP contribution in [0, 0.1) is 0 Å². The van der Waals surface area contributed by atoms with Crippen molar-refractivity contribution in [3.8, 4) is 0 Å². The summed E-state index contributed by atoms with van der Waals surface area (Å²) in [6, 6.07) is 15.3. The molecule has 3 rings (SSSR count). The molecule has 2 aromatic carbocycles. The van der Waals surface area contributed by atoms with Gasteiger partial charge in [-0.3, -0.25) is 4.79 Å². The molecule has 0 radical (unpaired) electrons. The summed E-state index contributed by atoms with van der Waals surface area (Å²) in [7, 11) is -1.88. The van der Waals surface area contributed by atoms with Crippen molar-refractivity contribution in [3.63, 3.8) is 0 Å². The van der Waals surface area contributed by atoms with Crippen LogP contribution in [0.25, 0.3) is 0 Å². The molecule has 1 N–H and O–H groups in total. The van der Waals surface area contributed by atoms with Gasteiger partial charge in [-0.05, 0) is 49.2 Å². The summed E-state index contributed by atoms with van der Waals surface area (Å²) in [5, 5.41) is 2.79. The lowest BCUT2D eigenvalue weighted by atomic mass is 10.2. The standard InChI is InChI=1S/C19H22N2O3S/c1-21(17-9-5-6-10-17)25(23,24)18-13-11-15(12-14-18)19(22)20-16-7-3-2-4-8-16/h2-4,7-8,11-14,17H,5-6,9-10H2,1H3,(H,20,22). The van der Waals surface area contributed by atoms with Gasteiger partial charge in [0.1, 0.15) is 0 Å². The number of nitrogens with one attached hydrogen (secondary N) is 1. The molecule has 0 unspecified atom stereocenters. The Hall–Kier alpha value is -2.18. The number of rotatable bonds is 5. The first-order chi connectivity index (χ1) is 12.0. The van der Waals surface area contributed by atoms with E-state index in [9.17, 15) is 13.2 Å². The van der Waals surface area contributed by atoms with E-state index in [0.717, 1.165) is 25.7 Å². The van der Waals surface area contributed by atoms with Crippen LogP contribution in [0.5, 0.6) is 0 Å². The lowest BCUT2D eigenvalue weighted by molar-refractivity contribution is 0.102. The molecule has 0 atom stereocenters. The number of amides is 1. The van der Waals surface area contributed by atoms with Crippen LogP contribution >= 0.6 is 0 Å². The van der Waals surface area contributed by atoms with Crippen molar-refractivity contribution in [1.82, 2.24) is 4.31 Å². The Morgan fingerprint density at radius 1 is 1.00 bits per heavy atom. The minimum atomic E-state index is -3.52. The molecule has 0 spiro atoms. The predicted octanol–water partition coefficient (Wildman–Crippen LogP) is 3.50. The van der Waals surface area contributed by atoms with Gasteiger partial charge in [0.05, 0.1) is 4.90 Å². The molecule has 1 aliphatic carbocycles. The summed E-state index contributed by atoms with van der Waals surface area (Å²) in [6.07, 6.45) is 3.97. The summed E-state index contributed by atoms with van der Waals surface area (Å²) >= 11 is 0. The van der Waals surface area contributed by atoms with Gasteiger partial charge < -0.3 is 5.32 Å². The van der Waals surface area contributed by atoms with Crippen molar-refractivity contribution >= 4 is 21.6 Å². The van der Waals surface area contributed by atoms with Crippen LogP contribution in [0.3, 0.4) is 0 Å². The molecule has 0 heterocycles. The van der Waals surface area contributed by atoms with Gasteiger partial charge >= 0.3 is 0 Å². The Bertz CT molecular complexity index is 827. The van der Waals surface area contributed by atoms with E-state index in [4.69, 9.17) is 0 Å². The first kappa shape index (κ1) is 17.6. The third kappa shape index (κ3) is 3.91. The summed E-state index contributed by atoms with van der Waals surface area (Å²) in [5.74, 6) is -0.265. The highest BCUT2D eigenvalue weighted by Crippen LogP contribution is 2.27. The van der Waals surface area contributed by atoms with Gasteiger partial charge in [0.2, 0.25) is 10.0 Å². The van der Waals surface area contributed by atoms with Crippen molar-refractivity contribution in [3.05, 3.63) is 60.2 Å². The maximum atomic E-state index is 12.7. The van der Waals surface area contributed by atoms with E-state index in [2.05, 4.69) is 5.32 Å². The predicted molar refractivity (Wildman–Crippen MR) is 98.0 cm³/mol. The first-order valence-electron chi connectivity index (χ1n) is 8.43. The third-order valence-electron chi connectivity index (χ3n) is 4.66. The smallest absolute Gasteiger partial charge is 0.255 e. The highest BCUT2D eigenvalue weighted by atomic mass is 32.2. The van der Waals surface area contributed by atoms with Gasteiger partial charge in [-0.2, -0.15) is 4.31 Å². The van der Waals surface area contributed by atoms with Crippen molar-refractivity contribution in [2.45, 2.75) is 36.6 Å². The molecule has 0 bridgehead atoms. The van der Waals surface area contributed by atoms with E-state index >= 15 is 0 Å². The maximum Gasteiger partial charge on any atom is 0.255 e. The molecule has 0 saturated heterocycles. The molecule has 2 aromatic rings. The van der Waals surface area contributed by atoms with Gasteiger partial charge in [0.25, 0.3) is 5.91 Å². The Balaban J connectivity index is 1.74. The van der Waals surface area contributed by atoms with Crippen molar-refractivity contribution in [2.24, 2.45) is 0 Å². The molecule has 6 heteroatoms. The Morgan fingerprint density at radius 3 is 2.20 bits per heavy atom. The summed E-state index contributed by atoms with van der Waals surface area (Å²) in [5.41, 5.74) is 1.12. The zero-order valence-electron chi connectivity index (χ0n) is 14.2. The molecule has 1 aliphatic rings. The zero-order chi connectivity index (χ0) is 17.9. The van der Waals surface area contributed by atoms with Gasteiger partial charge in [-0.1, -0.05) is 31.0 Å². The van der Waals surface area contributed by atoms with E-state index < -0.39 is 10.0 Å². The van der Waals surface area contributed by atoms with E-state index in [0.29, 0.717) is 11.3 Å². The van der Waals surface area contributed by atoms with E-state index in [1.165, 1.54) is 16.4 Å². The second kappa shape index (κ2) is 7.37. The highest BCUT2D eigenvalue weighted by molar-refractivity contribution is 7.89. The topological polar surface area (TPSA) is 66.5 Å². The molecule has 25 heavy (non-hydrogen) atoms. The average Bonchev–Trinajstić information content (AvgIpc) is 3.16. The first-order valence-corrected chi connectivity index (χ1v) is 9.87. The number of benzene rings is 2. The van der Waals surface area contributed by atoms with Crippen molar-refractivity contribution in [1.29, 1.82) is 0 Å². The minimum Gasteiger partial charge on any atom is -0.322 e. The van der Waals surface area contributed by atoms with Crippen LogP contribution in [-0.2, 0) is 10.0 Å². The van der Waals surface area contributed by atoms with Crippen molar-refractivity contribution < 1.29 is 13.2 Å². The van der Waals surface area contributed by atoms with Crippen LogP contribution in [0.15, 0.2) is 59.5 Å². The Labute approximate surface area is 148 Å². The molecule has 0 aliphatic heterocycles. The van der Waals surface area contributed by atoms with Crippen LogP contribution in [-0.4, -0.2) is 31.7 Å². The maximum absolute atomic E-state index is 12.7. The van der Waals surface area contributed by atoms with E-state index in [1.54, 1.807) is 31.3 Å². The highest BCUT2D eigenvalue weighted by Gasteiger charge is 2.29. The van der Waals surface area contributed by atoms with E-state index in [-0.39, 0.29) is 16.8 Å². The number of nitrogens with zero attached hydrogens (tertiary/aromatic N) is 1. The van der Waals surface area contributed by atoms with Crippen LogP contribution in [0.4, 0.5) is 5.69 Å². The molecular weight excluding hydrogens is 336 g/mol. The fourth-order valence-electron chi connectivity index (χ4n) is 3.13. The lowest BCUT2D eigenvalue weighted by Crippen LogP contribution is -2.35. The number of para-hydroxylation sites is 1. The zero-order valence-corrected chi connectivity index (χ0v) is 15.0. The van der Waals surface area contributed by atoms with Gasteiger partial charge in [0, 0.05) is 24.3 Å². The minimum absolute atomic E-state index is 0.0751. The summed E-state index contributed by atoms with van der Waals surface area (Å²) in [4.78, 5) is 12.5. The monoisotopic (exact) mass is 358 g/mol. The Morgan fingerprint density at radius 2 is 1.60 bits per heavy atom. The second-order valence-corrected chi connectivity index (χ2v) is 8.30. The van der Waals surface area contributed by atoms with Crippen LogP contribution in [0.2, 0.25) is 0 Å². The largest absolute Gasteiger partial charge is 0.322 e. The molecule has 1 saturated carbocycles. The van der Waals surface area contributed by atoms with Crippen LogP contribution in [0.1, 0.15) is 36.0 Å². The SMILES string of the molecule is CN(C1CCCC1)S(=O)(=O)c1ccc(C(=O)Nc2ccccc2)cc1. The number of sulfonamides is 1. The third-order valence-corrected chi connectivity index (χ3v) is 6.59. The number of hydrogen-bond donors (Lipinski definition) is 1. The van der Waals surface area contributed by atoms with Gasteiger partial charge in [0.15, 0.2) is 0 Å². The van der Waals surface area contributed by atoms with Crippen molar-refractivity contribution in [2.75, 3.05) is 12.4 Å². The summed E-state index contributed by atoms with van der Waals surface area (Å²) < 4.78 is 26.9. The molecule has 132 valence electrons. The summed E-state index contributed by atoms with van der Waals surface area (Å²) in [6.45, 7) is 0. The number of hydrogen-bond acceptors (Lipinski definition) is 3. The van der Waals surface area contributed by atoms with Gasteiger partial charge in [-0.25, -0.2) is 8.42 Å². The number of carbonyl (C=O) groups is 1. The molecular formula is C19H22N2O3S. The normalized spacial score (nSPS) is 15.4. The van der Waals surface area contributed by atoms with E-state index in [1.807, 2.05) is 18.2 Å². The number of anilines is 1. The van der Waals surface area contributed by atoms with Gasteiger partial charge in [-0.15, -0.1) is 0 Å². The second-order valence-electron chi connectivity index (χ2n) is 6.30. The average molecular weight is 358 g/mol. The Kier molecular flexibility index (Phi) is 5.20. The quantitative estimate of drug-likeness (QED) is 0.889. The fraction of sp³-hybridized carbons (Fsp3) is 0.316. The lowest BCUT2D eigenvalue weighted by Gasteiger charge is -2.23. The fourth-order valence-corrected chi connectivity index (χ4v) is 4.55. The molecule has 0 aromatic heterocycles. The molecule has 1 fully saturated rings. The number of carbonyl (C=O) groups excluding carboxylic acids is 1. The molecule has 5 nitrogen and oxygen atoms in total.